The Labute approximate surface area is 163 Å². The van der Waals surface area contributed by atoms with E-state index in [-0.39, 0.29) is 23.6 Å². The molecule has 1 heterocycles. The summed E-state index contributed by atoms with van der Waals surface area (Å²) in [6.07, 6.45) is 0.707. The molecule has 0 amide bonds. The van der Waals surface area contributed by atoms with Gasteiger partial charge in [0, 0.05) is 6.54 Å². The largest absolute Gasteiger partial charge is 0.474 e. The molecule has 6 nitrogen and oxygen atoms in total. The molecule has 1 aliphatic heterocycles. The number of rotatable bonds is 7. The van der Waals surface area contributed by atoms with E-state index in [2.05, 4.69) is 0 Å². The van der Waals surface area contributed by atoms with Crippen molar-refractivity contribution in [3.8, 4) is 5.75 Å². The first kappa shape index (κ1) is 20.2. The average Bonchev–Trinajstić information content (AvgIpc) is 3.18. The number of ether oxygens (including phenoxy) is 1. The summed E-state index contributed by atoms with van der Waals surface area (Å²) in [7, 11) is -3.89. The highest BCUT2D eigenvalue weighted by molar-refractivity contribution is 7.89. The second-order valence-corrected chi connectivity index (χ2v) is 8.45. The molecular formula is C20H19FNO5S. The molecule has 1 fully saturated rings. The number of carbonyl (C=O) groups excluding carboxylic acids is 2. The van der Waals surface area contributed by atoms with Gasteiger partial charge in [0.15, 0.2) is 5.78 Å². The quantitative estimate of drug-likeness (QED) is 0.662. The molecule has 3 rings (SSSR count). The van der Waals surface area contributed by atoms with Crippen molar-refractivity contribution in [1.82, 2.24) is 4.31 Å². The molecule has 8 heteroatoms. The Hall–Kier alpha value is -2.58. The molecule has 2 aromatic carbocycles. The summed E-state index contributed by atoms with van der Waals surface area (Å²) in [6, 6.07) is 10.1. The highest BCUT2D eigenvalue weighted by Crippen LogP contribution is 2.28. The second-order valence-electron chi connectivity index (χ2n) is 6.56. The smallest absolute Gasteiger partial charge is 0.251 e. The third-order valence-corrected chi connectivity index (χ3v) is 6.52. The van der Waals surface area contributed by atoms with Gasteiger partial charge in [-0.2, -0.15) is 4.31 Å². The van der Waals surface area contributed by atoms with Gasteiger partial charge in [-0.15, -0.1) is 0 Å². The van der Waals surface area contributed by atoms with Gasteiger partial charge in [-0.1, -0.05) is 17.7 Å². The number of carbonyl (C=O) groups is 1. The van der Waals surface area contributed by atoms with Crippen molar-refractivity contribution >= 4 is 22.1 Å². The van der Waals surface area contributed by atoms with Crippen LogP contribution >= 0.6 is 0 Å². The zero-order valence-electron chi connectivity index (χ0n) is 15.2. The minimum Gasteiger partial charge on any atom is -0.474 e. The van der Waals surface area contributed by atoms with Crippen molar-refractivity contribution in [2.24, 2.45) is 0 Å². The lowest BCUT2D eigenvalue weighted by Crippen LogP contribution is -2.46. The molecule has 0 N–H and O–H groups in total. The van der Waals surface area contributed by atoms with E-state index < -0.39 is 33.8 Å². The van der Waals surface area contributed by atoms with Gasteiger partial charge in [0.2, 0.25) is 16.1 Å². The first-order valence-electron chi connectivity index (χ1n) is 8.75. The van der Waals surface area contributed by atoms with E-state index in [4.69, 9.17) is 4.74 Å². The number of ketones is 1. The summed E-state index contributed by atoms with van der Waals surface area (Å²) in [4.78, 5) is 24.2. The Morgan fingerprint density at radius 2 is 1.82 bits per heavy atom. The summed E-state index contributed by atoms with van der Waals surface area (Å²) < 4.78 is 45.3. The fraction of sp³-hybridized carbons (Fsp3) is 0.300. The van der Waals surface area contributed by atoms with Gasteiger partial charge in [0.05, 0.1) is 10.9 Å². The first-order chi connectivity index (χ1) is 13.3. The number of Topliss-reactive ketones (excluding diaryl/α,β-unsaturated/α-hetero) is 1. The number of sulfonamides is 1. The third-order valence-electron chi connectivity index (χ3n) is 4.59. The lowest BCUT2D eigenvalue weighted by Gasteiger charge is -2.25. The van der Waals surface area contributed by atoms with Crippen LogP contribution in [-0.2, 0) is 19.6 Å². The molecule has 2 aromatic rings. The highest BCUT2D eigenvalue weighted by atomic mass is 32.2. The SMILES string of the molecule is Cc1ccc(S(=O)(=O)N2CCC[C@H]2C(=O)C([C]=O)Oc2ccc(F)cc2)cc1. The van der Waals surface area contributed by atoms with Crippen molar-refractivity contribution in [3.63, 3.8) is 0 Å². The number of halogens is 1. The van der Waals surface area contributed by atoms with E-state index in [9.17, 15) is 22.4 Å². The molecule has 0 aliphatic carbocycles. The van der Waals surface area contributed by atoms with Crippen molar-refractivity contribution in [3.05, 3.63) is 59.9 Å². The summed E-state index contributed by atoms with van der Waals surface area (Å²) in [6.45, 7) is 2.02. The van der Waals surface area contributed by atoms with E-state index in [1.807, 2.05) is 6.92 Å². The fourth-order valence-corrected chi connectivity index (χ4v) is 4.79. The first-order valence-corrected chi connectivity index (χ1v) is 10.2. The van der Waals surface area contributed by atoms with Gasteiger partial charge < -0.3 is 4.74 Å². The molecule has 147 valence electrons. The van der Waals surface area contributed by atoms with Gasteiger partial charge in [-0.25, -0.2) is 12.8 Å². The van der Waals surface area contributed by atoms with Crippen LogP contribution in [0.1, 0.15) is 18.4 Å². The normalized spacial score (nSPS) is 18.6. The topological polar surface area (TPSA) is 80.8 Å². The maximum Gasteiger partial charge on any atom is 0.251 e. The molecule has 28 heavy (non-hydrogen) atoms. The molecule has 1 saturated heterocycles. The standard InChI is InChI=1S/C20H19FNO5S/c1-14-4-10-17(11-5-14)28(25,26)22-12-2-3-18(22)20(24)19(13-23)27-16-8-6-15(21)7-9-16/h4-11,18-19H,2-3,12H2,1H3/t18-,19?/m0/s1. The number of hydrogen-bond acceptors (Lipinski definition) is 5. The number of aryl methyl sites for hydroxylation is 1. The summed E-state index contributed by atoms with van der Waals surface area (Å²) >= 11 is 0. The molecule has 1 radical (unpaired) electrons. The van der Waals surface area contributed by atoms with Crippen molar-refractivity contribution in [2.45, 2.75) is 36.8 Å². The van der Waals surface area contributed by atoms with Crippen LogP contribution in [0, 0.1) is 12.7 Å². The third kappa shape index (κ3) is 4.13. The Balaban J connectivity index is 1.82. The lowest BCUT2D eigenvalue weighted by molar-refractivity contribution is -0.126. The van der Waals surface area contributed by atoms with Crippen molar-refractivity contribution in [1.29, 1.82) is 0 Å². The summed E-state index contributed by atoms with van der Waals surface area (Å²) in [5, 5.41) is 0. The van der Waals surface area contributed by atoms with Gasteiger partial charge in [-0.3, -0.25) is 9.59 Å². The number of benzene rings is 2. The Kier molecular flexibility index (Phi) is 5.90. The van der Waals surface area contributed by atoms with Crippen LogP contribution in [0.25, 0.3) is 0 Å². The minimum atomic E-state index is -3.89. The Morgan fingerprint density at radius 1 is 1.18 bits per heavy atom. The Bertz CT molecular complexity index is 957. The maximum absolute atomic E-state index is 13.0. The fourth-order valence-electron chi connectivity index (χ4n) is 3.12. The molecule has 0 aromatic heterocycles. The van der Waals surface area contributed by atoms with Crippen molar-refractivity contribution < 1.29 is 27.1 Å². The molecule has 0 bridgehead atoms. The predicted octanol–water partition coefficient (Wildman–Crippen LogP) is 2.41. The molecular weight excluding hydrogens is 385 g/mol. The van der Waals surface area contributed by atoms with E-state index in [0.717, 1.165) is 22.0 Å². The minimum absolute atomic E-state index is 0.0869. The van der Waals surface area contributed by atoms with E-state index in [0.29, 0.717) is 6.42 Å². The summed E-state index contributed by atoms with van der Waals surface area (Å²) in [5.41, 5.74) is 0.913. The Morgan fingerprint density at radius 3 is 2.43 bits per heavy atom. The van der Waals surface area contributed by atoms with Gasteiger partial charge in [0.25, 0.3) is 6.29 Å². The van der Waals surface area contributed by atoms with Crippen LogP contribution in [0.5, 0.6) is 5.75 Å². The van der Waals surface area contributed by atoms with Gasteiger partial charge >= 0.3 is 0 Å². The van der Waals surface area contributed by atoms with Crippen LogP contribution in [0.15, 0.2) is 53.4 Å². The van der Waals surface area contributed by atoms with Crippen LogP contribution in [0.2, 0.25) is 0 Å². The molecule has 0 spiro atoms. The van der Waals surface area contributed by atoms with Gasteiger partial charge in [-0.05, 0) is 56.2 Å². The molecule has 0 saturated carbocycles. The zero-order chi connectivity index (χ0) is 20.3. The van der Waals surface area contributed by atoms with Crippen molar-refractivity contribution in [2.75, 3.05) is 6.54 Å². The number of nitrogens with zero attached hydrogens (tertiary/aromatic N) is 1. The van der Waals surface area contributed by atoms with E-state index in [1.54, 1.807) is 12.1 Å². The predicted molar refractivity (Wildman–Crippen MR) is 99.6 cm³/mol. The van der Waals surface area contributed by atoms with Crippen LogP contribution < -0.4 is 4.74 Å². The zero-order valence-corrected chi connectivity index (χ0v) is 16.0. The van der Waals surface area contributed by atoms with Gasteiger partial charge in [0.1, 0.15) is 11.6 Å². The van der Waals surface area contributed by atoms with Crippen LogP contribution in [0.3, 0.4) is 0 Å². The van der Waals surface area contributed by atoms with E-state index in [1.165, 1.54) is 30.6 Å². The molecule has 1 aliphatic rings. The monoisotopic (exact) mass is 404 g/mol. The highest BCUT2D eigenvalue weighted by Gasteiger charge is 2.42. The summed E-state index contributed by atoms with van der Waals surface area (Å²) in [5.74, 6) is -1.06. The average molecular weight is 404 g/mol. The lowest BCUT2D eigenvalue weighted by atomic mass is 10.1. The maximum atomic E-state index is 13.0. The molecule has 2 atom stereocenters. The molecule has 1 unspecified atom stereocenters. The number of hydrogen-bond donors (Lipinski definition) is 0. The van der Waals surface area contributed by atoms with Crippen LogP contribution in [0.4, 0.5) is 4.39 Å². The van der Waals surface area contributed by atoms with E-state index >= 15 is 0 Å². The second kappa shape index (κ2) is 8.20. The van der Waals surface area contributed by atoms with Crippen LogP contribution in [-0.4, -0.2) is 43.5 Å².